The zero-order valence-corrected chi connectivity index (χ0v) is 19.8. The topological polar surface area (TPSA) is 164 Å². The molecule has 2 aromatic rings. The highest BCUT2D eigenvalue weighted by Gasteiger charge is 2.50. The van der Waals surface area contributed by atoms with E-state index in [9.17, 15) is 14.5 Å². The molecular weight excluding hydrogens is 451 g/mol. The van der Waals surface area contributed by atoms with Crippen molar-refractivity contribution in [2.45, 2.75) is 58.1 Å². The lowest BCUT2D eigenvalue weighted by atomic mass is 9.99. The molecule has 1 fully saturated rings. The number of nitrogen functional groups attached to an aromatic ring is 1. The standard InChI is InChI=1S/C20H28N6O6P/c1-6-20(9-31-33(29)25-12(2)18(28)30-8-19(3,4)5)13(27)7-14(32-20)26-11-24-15-16(21)22-10-23-17(15)26/h1,10-14,27H,7-9H2,2-5H3,(H,25,29)(H2,21,22,23)/q+1/t12-,13-,14+,20+/m0/s1. The molecule has 0 spiro atoms. The van der Waals surface area contributed by atoms with Crippen LogP contribution in [-0.2, 0) is 23.4 Å². The van der Waals surface area contributed by atoms with Crippen LogP contribution in [0.15, 0.2) is 12.7 Å². The SMILES string of the molecule is C#C[C@]1(CO[P+](=O)N[C@@H](C)C(=O)OCC(C)(C)C)O[C@@H](n2cnc3c(N)ncnc32)C[C@@H]1O. The second kappa shape index (κ2) is 9.67. The lowest BCUT2D eigenvalue weighted by molar-refractivity contribution is -0.148. The number of hydrogen-bond donors (Lipinski definition) is 3. The second-order valence-corrected chi connectivity index (χ2v) is 10.0. The smallest absolute Gasteiger partial charge is 0.464 e. The van der Waals surface area contributed by atoms with Gasteiger partial charge in [0.1, 0.15) is 36.8 Å². The van der Waals surface area contributed by atoms with Crippen LogP contribution in [0.25, 0.3) is 11.2 Å². The molecule has 5 atom stereocenters. The molecule has 0 bridgehead atoms. The van der Waals surface area contributed by atoms with Crippen molar-refractivity contribution < 1.29 is 28.5 Å². The number of rotatable bonds is 8. The molecule has 3 heterocycles. The Morgan fingerprint density at radius 1 is 1.52 bits per heavy atom. The van der Waals surface area contributed by atoms with Crippen LogP contribution in [-0.4, -0.2) is 61.6 Å². The molecule has 0 aliphatic carbocycles. The minimum atomic E-state index is -2.50. The van der Waals surface area contributed by atoms with Gasteiger partial charge in [0, 0.05) is 6.42 Å². The number of ether oxygens (including phenoxy) is 2. The van der Waals surface area contributed by atoms with Gasteiger partial charge in [0.15, 0.2) is 17.1 Å². The Morgan fingerprint density at radius 3 is 2.91 bits per heavy atom. The maximum absolute atomic E-state index is 12.4. The Balaban J connectivity index is 1.61. The summed E-state index contributed by atoms with van der Waals surface area (Å²) in [6.07, 6.45) is 6.69. The highest BCUT2D eigenvalue weighted by molar-refractivity contribution is 7.36. The molecule has 178 valence electrons. The van der Waals surface area contributed by atoms with Crippen molar-refractivity contribution in [2.24, 2.45) is 5.41 Å². The summed E-state index contributed by atoms with van der Waals surface area (Å²) in [7, 11) is -2.50. The summed E-state index contributed by atoms with van der Waals surface area (Å²) in [6, 6.07) is -0.873. The molecule has 0 amide bonds. The summed E-state index contributed by atoms with van der Waals surface area (Å²) in [5.74, 6) is 2.06. The summed E-state index contributed by atoms with van der Waals surface area (Å²) in [5, 5.41) is 13.2. The van der Waals surface area contributed by atoms with E-state index in [4.69, 9.17) is 26.2 Å². The number of nitrogens with one attached hydrogen (secondary N) is 1. The van der Waals surface area contributed by atoms with Crippen LogP contribution in [0.4, 0.5) is 5.82 Å². The Hall–Kier alpha value is -2.68. The number of fused-ring (bicyclic) bond motifs is 1. The second-order valence-electron chi connectivity index (χ2n) is 8.99. The first-order valence-corrected chi connectivity index (χ1v) is 11.4. The van der Waals surface area contributed by atoms with Crippen LogP contribution in [0, 0.1) is 17.8 Å². The number of carbonyl (C=O) groups is 1. The molecule has 13 heteroatoms. The number of hydrogen-bond acceptors (Lipinski definition) is 10. The molecule has 0 aromatic carbocycles. The van der Waals surface area contributed by atoms with Gasteiger partial charge in [-0.05, 0) is 16.9 Å². The van der Waals surface area contributed by atoms with Crippen molar-refractivity contribution in [3.05, 3.63) is 12.7 Å². The average Bonchev–Trinajstić information content (AvgIpc) is 3.32. The molecule has 12 nitrogen and oxygen atoms in total. The number of aliphatic hydroxyl groups excluding tert-OH is 1. The maximum Gasteiger partial charge on any atom is 0.613 e. The van der Waals surface area contributed by atoms with Crippen molar-refractivity contribution >= 4 is 31.1 Å². The highest BCUT2D eigenvalue weighted by atomic mass is 31.1. The molecule has 1 unspecified atom stereocenters. The number of nitrogens with two attached hydrogens (primary N) is 1. The Morgan fingerprint density at radius 2 is 2.24 bits per heavy atom. The number of imidazole rings is 1. The molecule has 1 aliphatic heterocycles. The quantitative estimate of drug-likeness (QED) is 0.284. The lowest BCUT2D eigenvalue weighted by Gasteiger charge is -2.23. The van der Waals surface area contributed by atoms with E-state index in [-0.39, 0.29) is 30.9 Å². The minimum absolute atomic E-state index is 0.114. The third-order valence-corrected chi connectivity index (χ3v) is 5.91. The first kappa shape index (κ1) is 25.0. The molecule has 0 radical (unpaired) electrons. The van der Waals surface area contributed by atoms with E-state index < -0.39 is 38.1 Å². The van der Waals surface area contributed by atoms with Gasteiger partial charge in [0.2, 0.25) is 0 Å². The summed E-state index contributed by atoms with van der Waals surface area (Å²) in [5.41, 5.74) is 4.87. The zero-order valence-electron chi connectivity index (χ0n) is 18.9. The van der Waals surface area contributed by atoms with E-state index in [0.29, 0.717) is 11.2 Å². The van der Waals surface area contributed by atoms with Crippen molar-refractivity contribution in [3.63, 3.8) is 0 Å². The average molecular weight is 479 g/mol. The van der Waals surface area contributed by atoms with Gasteiger partial charge in [-0.1, -0.05) is 31.8 Å². The fraction of sp³-hybridized carbons (Fsp3) is 0.600. The van der Waals surface area contributed by atoms with Gasteiger partial charge in [-0.2, -0.15) is 0 Å². The summed E-state index contributed by atoms with van der Waals surface area (Å²) in [6.45, 7) is 7.13. The molecular formula is C20H28N6O6P+. The summed E-state index contributed by atoms with van der Waals surface area (Å²) >= 11 is 0. The number of aromatic nitrogens is 4. The molecule has 2 aromatic heterocycles. The van der Waals surface area contributed by atoms with Crippen LogP contribution in [0.3, 0.4) is 0 Å². The van der Waals surface area contributed by atoms with Crippen LogP contribution < -0.4 is 10.8 Å². The molecule has 1 saturated heterocycles. The van der Waals surface area contributed by atoms with Gasteiger partial charge in [0.05, 0.1) is 12.9 Å². The molecule has 0 saturated carbocycles. The zero-order chi connectivity index (χ0) is 24.4. The Bertz CT molecular complexity index is 1080. The van der Waals surface area contributed by atoms with Crippen LogP contribution in [0.5, 0.6) is 0 Å². The molecule has 3 rings (SSSR count). The van der Waals surface area contributed by atoms with Crippen LogP contribution in [0.2, 0.25) is 0 Å². The first-order chi connectivity index (χ1) is 15.5. The number of carbonyl (C=O) groups excluding carboxylic acids is 1. The van der Waals surface area contributed by atoms with Gasteiger partial charge in [-0.25, -0.2) is 15.0 Å². The predicted octanol–water partition coefficient (Wildman–Crippen LogP) is 1.30. The number of aliphatic hydroxyl groups is 1. The van der Waals surface area contributed by atoms with E-state index in [2.05, 4.69) is 26.0 Å². The van der Waals surface area contributed by atoms with Crippen molar-refractivity contribution in [1.29, 1.82) is 0 Å². The third-order valence-electron chi connectivity index (χ3n) is 4.95. The van der Waals surface area contributed by atoms with Crippen molar-refractivity contribution in [1.82, 2.24) is 24.6 Å². The van der Waals surface area contributed by atoms with E-state index in [1.807, 2.05) is 20.8 Å². The fourth-order valence-electron chi connectivity index (χ4n) is 3.12. The molecule has 4 N–H and O–H groups in total. The Labute approximate surface area is 192 Å². The largest absolute Gasteiger partial charge is 0.613 e. The van der Waals surface area contributed by atoms with Gasteiger partial charge in [-0.15, -0.1) is 10.9 Å². The monoisotopic (exact) mass is 479 g/mol. The third kappa shape index (κ3) is 5.63. The van der Waals surface area contributed by atoms with Crippen molar-refractivity contribution in [2.75, 3.05) is 18.9 Å². The maximum atomic E-state index is 12.4. The van der Waals surface area contributed by atoms with E-state index >= 15 is 0 Å². The normalized spacial score (nSPS) is 24.4. The summed E-state index contributed by atoms with van der Waals surface area (Å²) < 4.78 is 30.4. The highest BCUT2D eigenvalue weighted by Crippen LogP contribution is 2.39. The number of terminal acetylenes is 1. The Kier molecular flexibility index (Phi) is 7.31. The van der Waals surface area contributed by atoms with E-state index in [1.54, 1.807) is 4.57 Å². The minimum Gasteiger partial charge on any atom is -0.464 e. The van der Waals surface area contributed by atoms with Crippen LogP contribution >= 0.6 is 8.18 Å². The first-order valence-electron chi connectivity index (χ1n) is 10.3. The van der Waals surface area contributed by atoms with Gasteiger partial charge in [0.25, 0.3) is 0 Å². The number of esters is 1. The van der Waals surface area contributed by atoms with E-state index in [1.165, 1.54) is 19.6 Å². The lowest BCUT2D eigenvalue weighted by Crippen LogP contribution is -2.42. The van der Waals surface area contributed by atoms with Gasteiger partial charge in [-0.3, -0.25) is 9.36 Å². The van der Waals surface area contributed by atoms with E-state index in [0.717, 1.165) is 0 Å². The van der Waals surface area contributed by atoms with Crippen LogP contribution in [0.1, 0.15) is 40.3 Å². The fourth-order valence-corrected chi connectivity index (χ4v) is 3.92. The number of anilines is 1. The van der Waals surface area contributed by atoms with Gasteiger partial charge < -0.3 is 20.3 Å². The van der Waals surface area contributed by atoms with Crippen molar-refractivity contribution in [3.8, 4) is 12.3 Å². The molecule has 33 heavy (non-hydrogen) atoms. The van der Waals surface area contributed by atoms with Gasteiger partial charge >= 0.3 is 14.1 Å². The summed E-state index contributed by atoms with van der Waals surface area (Å²) in [4.78, 5) is 24.3. The molecule has 1 aliphatic rings. The predicted molar refractivity (Wildman–Crippen MR) is 119 cm³/mol. The number of nitrogens with zero attached hydrogens (tertiary/aromatic N) is 4.